The molecule has 0 saturated carbocycles. The summed E-state index contributed by atoms with van der Waals surface area (Å²) in [7, 11) is 0. The summed E-state index contributed by atoms with van der Waals surface area (Å²) in [5.41, 5.74) is 2.38. The lowest BCUT2D eigenvalue weighted by Crippen LogP contribution is -2.28. The molecule has 0 radical (unpaired) electrons. The predicted molar refractivity (Wildman–Crippen MR) is 98.2 cm³/mol. The predicted octanol–water partition coefficient (Wildman–Crippen LogP) is 4.48. The third-order valence-corrected chi connectivity index (χ3v) is 4.73. The van der Waals surface area contributed by atoms with Gasteiger partial charge in [0.1, 0.15) is 12.1 Å². The van der Waals surface area contributed by atoms with E-state index in [0.717, 1.165) is 23.1 Å². The maximum atomic E-state index is 6.04. The van der Waals surface area contributed by atoms with Crippen molar-refractivity contribution in [3.8, 4) is 5.75 Å². The van der Waals surface area contributed by atoms with Gasteiger partial charge >= 0.3 is 0 Å². The molecule has 1 N–H and O–H groups in total. The van der Waals surface area contributed by atoms with Crippen molar-refractivity contribution < 1.29 is 4.74 Å². The first-order valence-electron chi connectivity index (χ1n) is 8.39. The van der Waals surface area contributed by atoms with Crippen molar-refractivity contribution in [2.45, 2.75) is 25.4 Å². The average molecular weight is 355 g/mol. The first kappa shape index (κ1) is 16.0. The molecule has 128 valence electrons. The smallest absolute Gasteiger partial charge is 0.222 e. The van der Waals surface area contributed by atoms with E-state index in [1.165, 1.54) is 11.1 Å². The number of halogens is 1. The molecule has 1 aromatic heterocycles. The second-order valence-electron chi connectivity index (χ2n) is 6.03. The molecular formula is C19H19ClN4O. The number of nitrogens with one attached hydrogen (secondary N) is 1. The Hall–Kier alpha value is -2.53. The Morgan fingerprint density at radius 3 is 2.56 bits per heavy atom. The van der Waals surface area contributed by atoms with Gasteiger partial charge in [-0.2, -0.15) is 10.1 Å². The van der Waals surface area contributed by atoms with Gasteiger partial charge in [0.05, 0.1) is 18.7 Å². The summed E-state index contributed by atoms with van der Waals surface area (Å²) >= 11 is 6.04. The normalized spacial score (nSPS) is 19.1. The van der Waals surface area contributed by atoms with Gasteiger partial charge in [0.25, 0.3) is 0 Å². The molecule has 5 nitrogen and oxygen atoms in total. The molecule has 0 saturated heterocycles. The minimum atomic E-state index is 0.118. The first-order chi connectivity index (χ1) is 12.2. The molecule has 3 aromatic rings. The van der Waals surface area contributed by atoms with Gasteiger partial charge in [-0.25, -0.2) is 4.68 Å². The number of nitrogens with zero attached hydrogens (tertiary/aromatic N) is 3. The molecule has 2 unspecified atom stereocenters. The Bertz CT molecular complexity index is 845. The van der Waals surface area contributed by atoms with Crippen LogP contribution < -0.4 is 10.1 Å². The zero-order valence-corrected chi connectivity index (χ0v) is 14.6. The highest BCUT2D eigenvalue weighted by atomic mass is 35.5. The Labute approximate surface area is 151 Å². The Morgan fingerprint density at radius 1 is 1.12 bits per heavy atom. The minimum absolute atomic E-state index is 0.118. The Balaban J connectivity index is 1.64. The van der Waals surface area contributed by atoms with E-state index in [1.807, 2.05) is 35.9 Å². The third-order valence-electron chi connectivity index (χ3n) is 4.48. The fourth-order valence-corrected chi connectivity index (χ4v) is 3.39. The molecule has 0 aliphatic carbocycles. The van der Waals surface area contributed by atoms with Crippen LogP contribution in [0.1, 0.15) is 36.6 Å². The lowest BCUT2D eigenvalue weighted by molar-refractivity contribution is 0.340. The van der Waals surface area contributed by atoms with Crippen molar-refractivity contribution in [2.75, 3.05) is 11.9 Å². The number of hydrogen-bond donors (Lipinski definition) is 1. The van der Waals surface area contributed by atoms with Gasteiger partial charge in [-0.05, 0) is 48.7 Å². The number of anilines is 1. The van der Waals surface area contributed by atoms with E-state index in [4.69, 9.17) is 16.3 Å². The molecular weight excluding hydrogens is 336 g/mol. The molecule has 2 heterocycles. The summed E-state index contributed by atoms with van der Waals surface area (Å²) in [4.78, 5) is 4.36. The lowest BCUT2D eigenvalue weighted by Gasteiger charge is -2.32. The van der Waals surface area contributed by atoms with Gasteiger partial charge in [-0.3, -0.25) is 0 Å². The summed E-state index contributed by atoms with van der Waals surface area (Å²) in [6, 6.07) is 16.5. The van der Waals surface area contributed by atoms with Crippen LogP contribution in [0.3, 0.4) is 0 Å². The lowest BCUT2D eigenvalue weighted by atomic mass is 9.93. The molecule has 2 aromatic carbocycles. The Kier molecular flexibility index (Phi) is 4.32. The van der Waals surface area contributed by atoms with Gasteiger partial charge in [-0.1, -0.05) is 35.9 Å². The van der Waals surface area contributed by atoms with E-state index in [1.54, 1.807) is 6.33 Å². The molecule has 0 fully saturated rings. The van der Waals surface area contributed by atoms with Gasteiger partial charge in [-0.15, -0.1) is 0 Å². The molecule has 4 rings (SSSR count). The molecule has 1 aliphatic rings. The number of hydrogen-bond acceptors (Lipinski definition) is 4. The summed E-state index contributed by atoms with van der Waals surface area (Å²) in [5, 5.41) is 8.61. The number of rotatable bonds is 4. The summed E-state index contributed by atoms with van der Waals surface area (Å²) < 4.78 is 7.47. The maximum Gasteiger partial charge on any atom is 0.222 e. The number of benzene rings is 2. The maximum absolute atomic E-state index is 6.04. The zero-order valence-electron chi connectivity index (χ0n) is 13.9. The summed E-state index contributed by atoms with van der Waals surface area (Å²) in [5.74, 6) is 1.67. The second-order valence-corrected chi connectivity index (χ2v) is 6.47. The number of aromatic nitrogens is 3. The summed E-state index contributed by atoms with van der Waals surface area (Å²) in [6.45, 7) is 2.66. The zero-order chi connectivity index (χ0) is 17.2. The quantitative estimate of drug-likeness (QED) is 0.750. The van der Waals surface area contributed by atoms with Crippen LogP contribution in [0.5, 0.6) is 5.75 Å². The fourth-order valence-electron chi connectivity index (χ4n) is 3.26. The van der Waals surface area contributed by atoms with E-state index < -0.39 is 0 Å². The van der Waals surface area contributed by atoms with Gasteiger partial charge < -0.3 is 10.1 Å². The molecule has 6 heteroatoms. The van der Waals surface area contributed by atoms with Gasteiger partial charge in [0.15, 0.2) is 0 Å². The van der Waals surface area contributed by atoms with Gasteiger partial charge in [0.2, 0.25) is 5.95 Å². The first-order valence-corrected chi connectivity index (χ1v) is 8.76. The van der Waals surface area contributed by atoms with Crippen LogP contribution in [0.25, 0.3) is 0 Å². The molecule has 0 amide bonds. The molecule has 0 spiro atoms. The van der Waals surface area contributed by atoms with Crippen LogP contribution in [0.4, 0.5) is 5.95 Å². The monoisotopic (exact) mass is 354 g/mol. The number of fused-ring (bicyclic) bond motifs is 1. The van der Waals surface area contributed by atoms with Crippen LogP contribution in [0.2, 0.25) is 5.02 Å². The van der Waals surface area contributed by atoms with Crippen LogP contribution in [0, 0.1) is 0 Å². The topological polar surface area (TPSA) is 52.0 Å². The Morgan fingerprint density at radius 2 is 1.84 bits per heavy atom. The van der Waals surface area contributed by atoms with Crippen LogP contribution in [-0.4, -0.2) is 21.4 Å². The van der Waals surface area contributed by atoms with Crippen LogP contribution in [0.15, 0.2) is 54.9 Å². The van der Waals surface area contributed by atoms with Gasteiger partial charge in [0, 0.05) is 5.02 Å². The SMILES string of the molecule is CCOc1ccc(C2CC(c3ccc(Cl)cc3)n3ncnc3N2)cc1. The van der Waals surface area contributed by atoms with Crippen LogP contribution >= 0.6 is 11.6 Å². The second kappa shape index (κ2) is 6.76. The largest absolute Gasteiger partial charge is 0.494 e. The molecule has 25 heavy (non-hydrogen) atoms. The van der Waals surface area contributed by atoms with E-state index in [9.17, 15) is 0 Å². The van der Waals surface area contributed by atoms with Crippen molar-refractivity contribution in [1.29, 1.82) is 0 Å². The van der Waals surface area contributed by atoms with E-state index >= 15 is 0 Å². The highest BCUT2D eigenvalue weighted by molar-refractivity contribution is 6.30. The van der Waals surface area contributed by atoms with Crippen molar-refractivity contribution >= 4 is 17.5 Å². The highest BCUT2D eigenvalue weighted by Crippen LogP contribution is 2.37. The van der Waals surface area contributed by atoms with E-state index in [0.29, 0.717) is 6.61 Å². The minimum Gasteiger partial charge on any atom is -0.494 e. The average Bonchev–Trinajstić information content (AvgIpc) is 3.11. The molecule has 2 atom stereocenters. The number of ether oxygens (including phenoxy) is 1. The molecule has 1 aliphatic heterocycles. The standard InChI is InChI=1S/C19H19ClN4O/c1-2-25-16-9-5-13(6-10-16)17-11-18(14-3-7-15(20)8-4-14)24-19(23-17)21-12-22-24/h3-10,12,17-18H,2,11H2,1H3,(H,21,22,23). The van der Waals surface area contributed by atoms with Crippen LogP contribution in [-0.2, 0) is 0 Å². The van der Waals surface area contributed by atoms with E-state index in [2.05, 4.69) is 39.7 Å². The van der Waals surface area contributed by atoms with Crippen molar-refractivity contribution in [2.24, 2.45) is 0 Å². The van der Waals surface area contributed by atoms with Crippen molar-refractivity contribution in [3.63, 3.8) is 0 Å². The molecule has 0 bridgehead atoms. The fraction of sp³-hybridized carbons (Fsp3) is 0.263. The van der Waals surface area contributed by atoms with Crippen molar-refractivity contribution in [1.82, 2.24) is 14.8 Å². The van der Waals surface area contributed by atoms with Crippen molar-refractivity contribution in [3.05, 3.63) is 71.0 Å². The highest BCUT2D eigenvalue weighted by Gasteiger charge is 2.29. The van der Waals surface area contributed by atoms with E-state index in [-0.39, 0.29) is 12.1 Å². The third kappa shape index (κ3) is 3.20. The summed E-state index contributed by atoms with van der Waals surface area (Å²) in [6.07, 6.45) is 2.47.